The summed E-state index contributed by atoms with van der Waals surface area (Å²) in [7, 11) is 1.48. The molecule has 1 aliphatic carbocycles. The van der Waals surface area contributed by atoms with Crippen molar-refractivity contribution in [2.75, 3.05) is 13.7 Å². The van der Waals surface area contributed by atoms with Crippen molar-refractivity contribution >= 4 is 18.0 Å². The molecule has 7 heteroatoms. The van der Waals surface area contributed by atoms with Crippen LogP contribution < -0.4 is 14.8 Å². The highest BCUT2D eigenvalue weighted by atomic mass is 16.6. The molecule has 0 atom stereocenters. The van der Waals surface area contributed by atoms with E-state index in [0.29, 0.717) is 17.1 Å². The van der Waals surface area contributed by atoms with Crippen molar-refractivity contribution in [1.29, 1.82) is 5.26 Å². The molecular formula is C22H28N2O5. The first-order chi connectivity index (χ1) is 13.9. The monoisotopic (exact) mass is 400 g/mol. The van der Waals surface area contributed by atoms with Crippen molar-refractivity contribution in [2.24, 2.45) is 0 Å². The van der Waals surface area contributed by atoms with Gasteiger partial charge in [-0.1, -0.05) is 25.3 Å². The van der Waals surface area contributed by atoms with Crippen LogP contribution in [-0.2, 0) is 14.3 Å². The lowest BCUT2D eigenvalue weighted by atomic mass is 9.95. The van der Waals surface area contributed by atoms with E-state index in [4.69, 9.17) is 14.2 Å². The molecule has 0 unspecified atom stereocenters. The Morgan fingerprint density at radius 2 is 1.97 bits per heavy atom. The average molecular weight is 400 g/mol. The number of ether oxygens (including phenoxy) is 3. The summed E-state index contributed by atoms with van der Waals surface area (Å²) >= 11 is 0. The van der Waals surface area contributed by atoms with Gasteiger partial charge in [0.15, 0.2) is 18.1 Å². The van der Waals surface area contributed by atoms with Crippen LogP contribution in [0.3, 0.4) is 0 Å². The van der Waals surface area contributed by atoms with Crippen molar-refractivity contribution in [3.05, 3.63) is 29.3 Å². The van der Waals surface area contributed by atoms with Crippen LogP contribution in [0.1, 0.15) is 51.5 Å². The molecule has 1 aromatic rings. The minimum atomic E-state index is -0.475. The average Bonchev–Trinajstić information content (AvgIpc) is 2.70. The summed E-state index contributed by atoms with van der Waals surface area (Å²) in [5.74, 6) is -0.0797. The summed E-state index contributed by atoms with van der Waals surface area (Å²) in [6.07, 6.45) is 6.57. The van der Waals surface area contributed by atoms with E-state index < -0.39 is 5.97 Å². The Morgan fingerprint density at radius 3 is 2.59 bits per heavy atom. The highest BCUT2D eigenvalue weighted by Crippen LogP contribution is 2.29. The fourth-order valence-electron chi connectivity index (χ4n) is 3.15. The number of nitrogens with one attached hydrogen (secondary N) is 1. The second-order valence-electron chi connectivity index (χ2n) is 7.22. The maximum Gasteiger partial charge on any atom is 0.344 e. The first kappa shape index (κ1) is 22.3. The van der Waals surface area contributed by atoms with Gasteiger partial charge in [0.1, 0.15) is 11.6 Å². The number of nitriles is 1. The molecule has 0 bridgehead atoms. The molecule has 7 nitrogen and oxygen atoms in total. The van der Waals surface area contributed by atoms with Gasteiger partial charge in [0, 0.05) is 6.04 Å². The van der Waals surface area contributed by atoms with Crippen LogP contribution in [0.25, 0.3) is 6.08 Å². The van der Waals surface area contributed by atoms with E-state index in [1.54, 1.807) is 32.0 Å². The molecule has 1 saturated carbocycles. The molecule has 1 aliphatic rings. The highest BCUT2D eigenvalue weighted by Gasteiger charge is 2.18. The van der Waals surface area contributed by atoms with Gasteiger partial charge in [-0.05, 0) is 50.5 Å². The largest absolute Gasteiger partial charge is 0.493 e. The topological polar surface area (TPSA) is 97.6 Å². The van der Waals surface area contributed by atoms with E-state index in [-0.39, 0.29) is 30.2 Å². The quantitative estimate of drug-likeness (QED) is 0.408. The molecule has 156 valence electrons. The molecule has 2 rings (SSSR count). The third-order valence-electron chi connectivity index (χ3n) is 4.52. The van der Waals surface area contributed by atoms with Crippen LogP contribution in [0.15, 0.2) is 23.8 Å². The molecule has 1 amide bonds. The summed E-state index contributed by atoms with van der Waals surface area (Å²) in [5, 5.41) is 12.3. The van der Waals surface area contributed by atoms with Gasteiger partial charge in [0.05, 0.1) is 13.2 Å². The van der Waals surface area contributed by atoms with Crippen LogP contribution in [0, 0.1) is 11.3 Å². The second-order valence-corrected chi connectivity index (χ2v) is 7.22. The Balaban J connectivity index is 2.07. The molecule has 1 aromatic carbocycles. The zero-order valence-electron chi connectivity index (χ0n) is 17.2. The summed E-state index contributed by atoms with van der Waals surface area (Å²) in [6.45, 7) is 3.28. The third kappa shape index (κ3) is 7.15. The van der Waals surface area contributed by atoms with E-state index in [0.717, 1.165) is 25.7 Å². The smallest absolute Gasteiger partial charge is 0.344 e. The summed E-state index contributed by atoms with van der Waals surface area (Å²) in [6, 6.07) is 7.06. The van der Waals surface area contributed by atoms with Crippen molar-refractivity contribution in [1.82, 2.24) is 5.32 Å². The molecule has 29 heavy (non-hydrogen) atoms. The Bertz CT molecular complexity index is 789. The maximum atomic E-state index is 12.4. The number of hydrogen-bond acceptors (Lipinski definition) is 6. The standard InChI is InChI=1S/C22H28N2O5/c1-15(2)29-21(25)14-28-19-10-9-16(12-20(19)27-3)11-17(13-23)22(26)24-18-7-5-4-6-8-18/h9-12,15,18H,4-8,14H2,1-3H3,(H,24,26)/b17-11-. The number of rotatable bonds is 8. The van der Waals surface area contributed by atoms with Crippen molar-refractivity contribution in [3.63, 3.8) is 0 Å². The van der Waals surface area contributed by atoms with Gasteiger partial charge >= 0.3 is 5.97 Å². The zero-order valence-corrected chi connectivity index (χ0v) is 17.2. The van der Waals surface area contributed by atoms with Crippen molar-refractivity contribution < 1.29 is 23.8 Å². The summed E-state index contributed by atoms with van der Waals surface area (Å²) in [5.41, 5.74) is 0.654. The summed E-state index contributed by atoms with van der Waals surface area (Å²) < 4.78 is 15.8. The fraction of sp³-hybridized carbons (Fsp3) is 0.500. The van der Waals surface area contributed by atoms with E-state index >= 15 is 0 Å². The number of hydrogen-bond donors (Lipinski definition) is 1. The minimum Gasteiger partial charge on any atom is -0.493 e. The van der Waals surface area contributed by atoms with Crippen LogP contribution in [0.2, 0.25) is 0 Å². The Morgan fingerprint density at radius 1 is 1.24 bits per heavy atom. The molecule has 0 heterocycles. The second kappa shape index (κ2) is 11.1. The van der Waals surface area contributed by atoms with Gasteiger partial charge in [-0.2, -0.15) is 5.26 Å². The Hall–Kier alpha value is -3.01. The molecule has 1 N–H and O–H groups in total. The van der Waals surface area contributed by atoms with Crippen molar-refractivity contribution in [3.8, 4) is 17.6 Å². The lowest BCUT2D eigenvalue weighted by Crippen LogP contribution is -2.36. The minimum absolute atomic E-state index is 0.0341. The van der Waals surface area contributed by atoms with E-state index in [9.17, 15) is 14.9 Å². The SMILES string of the molecule is COc1cc(/C=C(/C#N)C(=O)NC2CCCCC2)ccc1OCC(=O)OC(C)C. The van der Waals surface area contributed by atoms with Gasteiger partial charge < -0.3 is 19.5 Å². The Labute approximate surface area is 171 Å². The normalized spacial score (nSPS) is 14.8. The lowest BCUT2D eigenvalue weighted by molar-refractivity contribution is -0.149. The number of nitrogens with zero attached hydrogens (tertiary/aromatic N) is 1. The zero-order chi connectivity index (χ0) is 21.2. The number of esters is 1. The number of benzene rings is 1. The van der Waals surface area contributed by atoms with E-state index in [1.807, 2.05) is 6.07 Å². The van der Waals surface area contributed by atoms with Crippen LogP contribution in [0.5, 0.6) is 11.5 Å². The van der Waals surface area contributed by atoms with Gasteiger partial charge in [-0.15, -0.1) is 0 Å². The van der Waals surface area contributed by atoms with Gasteiger partial charge in [-0.25, -0.2) is 4.79 Å². The van der Waals surface area contributed by atoms with Crippen LogP contribution >= 0.6 is 0 Å². The van der Waals surface area contributed by atoms with E-state index in [2.05, 4.69) is 5.32 Å². The van der Waals surface area contributed by atoms with Gasteiger partial charge in [-0.3, -0.25) is 4.79 Å². The number of carbonyl (C=O) groups excluding carboxylic acids is 2. The molecule has 0 aliphatic heterocycles. The van der Waals surface area contributed by atoms with Gasteiger partial charge in [0.25, 0.3) is 5.91 Å². The molecule has 0 spiro atoms. The fourth-order valence-corrected chi connectivity index (χ4v) is 3.15. The Kier molecular flexibility index (Phi) is 8.53. The molecular weight excluding hydrogens is 372 g/mol. The first-order valence-corrected chi connectivity index (χ1v) is 9.86. The number of methoxy groups -OCH3 is 1. The predicted octanol–water partition coefficient (Wildman–Crippen LogP) is 3.38. The van der Waals surface area contributed by atoms with Crippen molar-refractivity contribution in [2.45, 2.75) is 58.1 Å². The first-order valence-electron chi connectivity index (χ1n) is 9.86. The molecule has 1 fully saturated rings. The van der Waals surface area contributed by atoms with Gasteiger partial charge in [0.2, 0.25) is 0 Å². The highest BCUT2D eigenvalue weighted by molar-refractivity contribution is 6.01. The third-order valence-corrected chi connectivity index (χ3v) is 4.52. The lowest BCUT2D eigenvalue weighted by Gasteiger charge is -2.22. The molecule has 0 radical (unpaired) electrons. The predicted molar refractivity (Wildman–Crippen MR) is 108 cm³/mol. The molecule has 0 saturated heterocycles. The van der Waals surface area contributed by atoms with Crippen LogP contribution in [-0.4, -0.2) is 37.7 Å². The van der Waals surface area contributed by atoms with Crippen LogP contribution in [0.4, 0.5) is 0 Å². The summed E-state index contributed by atoms with van der Waals surface area (Å²) in [4.78, 5) is 24.1. The number of amides is 1. The molecule has 0 aromatic heterocycles. The van der Waals surface area contributed by atoms with E-state index in [1.165, 1.54) is 19.6 Å². The maximum absolute atomic E-state index is 12.4. The number of carbonyl (C=O) groups is 2.